The van der Waals surface area contributed by atoms with Gasteiger partial charge in [-0.05, 0) is 17.7 Å². The van der Waals surface area contributed by atoms with Crippen LogP contribution in [0.3, 0.4) is 0 Å². The second-order valence-electron chi connectivity index (χ2n) is 5.26. The van der Waals surface area contributed by atoms with Crippen LogP contribution in [0, 0.1) is 5.82 Å². The first kappa shape index (κ1) is 15.3. The summed E-state index contributed by atoms with van der Waals surface area (Å²) in [6.45, 7) is 0. The van der Waals surface area contributed by atoms with E-state index in [9.17, 15) is 22.4 Å². The van der Waals surface area contributed by atoms with Crippen molar-refractivity contribution < 1.29 is 22.4 Å². The zero-order valence-electron chi connectivity index (χ0n) is 11.6. The van der Waals surface area contributed by atoms with E-state index >= 15 is 0 Å². The van der Waals surface area contributed by atoms with Gasteiger partial charge in [-0.25, -0.2) is 9.07 Å². The number of aromatic nitrogens is 2. The Morgan fingerprint density at radius 1 is 1.30 bits per heavy atom. The minimum Gasteiger partial charge on any atom is -0.365 e. The summed E-state index contributed by atoms with van der Waals surface area (Å²) in [6.07, 6.45) is -3.87. The molecule has 1 aliphatic heterocycles. The number of hydrogen-bond donors (Lipinski definition) is 2. The smallest absolute Gasteiger partial charge is 0.365 e. The average molecular weight is 328 g/mol. The van der Waals surface area contributed by atoms with Crippen LogP contribution in [-0.2, 0) is 0 Å². The zero-order valence-corrected chi connectivity index (χ0v) is 11.6. The highest BCUT2D eigenvalue weighted by molar-refractivity contribution is 5.97. The molecule has 122 valence electrons. The summed E-state index contributed by atoms with van der Waals surface area (Å²) in [6, 6.07) is 2.49. The molecule has 0 saturated heterocycles. The molecule has 2 unspecified atom stereocenters. The Bertz CT molecular complexity index is 738. The molecule has 23 heavy (non-hydrogen) atoms. The molecule has 0 saturated carbocycles. The van der Waals surface area contributed by atoms with Crippen molar-refractivity contribution in [2.24, 2.45) is 5.73 Å². The molecule has 5 nitrogen and oxygen atoms in total. The van der Waals surface area contributed by atoms with Gasteiger partial charge in [-0.15, -0.1) is 0 Å². The van der Waals surface area contributed by atoms with Crippen molar-refractivity contribution in [1.82, 2.24) is 9.78 Å². The van der Waals surface area contributed by atoms with Gasteiger partial charge in [0.15, 0.2) is 6.04 Å². The molecule has 2 atom stereocenters. The van der Waals surface area contributed by atoms with Crippen molar-refractivity contribution in [3.05, 3.63) is 47.4 Å². The maximum Gasteiger partial charge on any atom is 0.410 e. The van der Waals surface area contributed by atoms with E-state index in [0.717, 1.165) is 10.9 Å². The third kappa shape index (κ3) is 2.73. The van der Waals surface area contributed by atoms with E-state index in [1.54, 1.807) is 0 Å². The molecule has 3 rings (SSSR count). The van der Waals surface area contributed by atoms with Gasteiger partial charge in [-0.1, -0.05) is 12.1 Å². The predicted molar refractivity (Wildman–Crippen MR) is 73.2 cm³/mol. The number of primary amides is 1. The summed E-state index contributed by atoms with van der Waals surface area (Å²) < 4.78 is 53.7. The highest BCUT2D eigenvalue weighted by atomic mass is 19.4. The lowest BCUT2D eigenvalue weighted by Crippen LogP contribution is -2.36. The molecular weight excluding hydrogens is 316 g/mol. The topological polar surface area (TPSA) is 72.9 Å². The first-order chi connectivity index (χ1) is 10.8. The van der Waals surface area contributed by atoms with E-state index < -0.39 is 30.0 Å². The van der Waals surface area contributed by atoms with Gasteiger partial charge in [-0.2, -0.15) is 18.3 Å². The summed E-state index contributed by atoms with van der Waals surface area (Å²) in [5.41, 5.74) is 5.53. The van der Waals surface area contributed by atoms with Gasteiger partial charge in [0.1, 0.15) is 17.2 Å². The number of nitrogens with zero attached hydrogens (tertiary/aromatic N) is 2. The van der Waals surface area contributed by atoms with Crippen molar-refractivity contribution >= 4 is 11.7 Å². The van der Waals surface area contributed by atoms with Crippen molar-refractivity contribution in [1.29, 1.82) is 0 Å². The maximum atomic E-state index is 13.3. The first-order valence-corrected chi connectivity index (χ1v) is 6.73. The third-order valence-corrected chi connectivity index (χ3v) is 3.78. The summed E-state index contributed by atoms with van der Waals surface area (Å²) in [5.74, 6) is -1.44. The quantitative estimate of drug-likeness (QED) is 0.833. The fourth-order valence-electron chi connectivity index (χ4n) is 2.66. The van der Waals surface area contributed by atoms with Crippen LogP contribution in [0.4, 0.5) is 23.4 Å². The van der Waals surface area contributed by atoms with E-state index in [2.05, 4.69) is 10.4 Å². The number of carbonyl (C=O) groups is 1. The maximum absolute atomic E-state index is 13.3. The average Bonchev–Trinajstić information content (AvgIpc) is 2.89. The predicted octanol–water partition coefficient (Wildman–Crippen LogP) is 2.78. The molecule has 2 heterocycles. The fraction of sp³-hybridized carbons (Fsp3) is 0.286. The fourth-order valence-corrected chi connectivity index (χ4v) is 2.66. The van der Waals surface area contributed by atoms with Crippen LogP contribution in [0.15, 0.2) is 30.5 Å². The summed E-state index contributed by atoms with van der Waals surface area (Å²) in [4.78, 5) is 11.4. The first-order valence-electron chi connectivity index (χ1n) is 6.73. The molecular formula is C14H12F4N4O. The van der Waals surface area contributed by atoms with Gasteiger partial charge in [0.05, 0.1) is 12.2 Å². The second-order valence-corrected chi connectivity index (χ2v) is 5.26. The molecule has 1 aromatic carbocycles. The molecule has 0 spiro atoms. The lowest BCUT2D eigenvalue weighted by atomic mass is 9.96. The SMILES string of the molecule is NC(=O)c1cnn2c1NC(c1ccc(F)cc1)CC2C(F)(F)F. The Morgan fingerprint density at radius 3 is 2.52 bits per heavy atom. The minimum absolute atomic E-state index is 0.0830. The number of alkyl halides is 3. The second kappa shape index (κ2) is 5.25. The molecule has 3 N–H and O–H groups in total. The van der Waals surface area contributed by atoms with Crippen molar-refractivity contribution in [3.63, 3.8) is 0 Å². The number of hydrogen-bond acceptors (Lipinski definition) is 3. The summed E-state index contributed by atoms with van der Waals surface area (Å²) in [5, 5.41) is 6.48. The highest BCUT2D eigenvalue weighted by Crippen LogP contribution is 2.44. The number of rotatable bonds is 2. The molecule has 0 fully saturated rings. The molecule has 0 bridgehead atoms. The Labute approximate surface area is 128 Å². The van der Waals surface area contributed by atoms with Crippen LogP contribution in [0.25, 0.3) is 0 Å². The van der Waals surface area contributed by atoms with Crippen LogP contribution < -0.4 is 11.1 Å². The number of fused-ring (bicyclic) bond motifs is 1. The lowest BCUT2D eigenvalue weighted by molar-refractivity contribution is -0.173. The number of halogens is 4. The third-order valence-electron chi connectivity index (χ3n) is 3.78. The molecule has 1 aliphatic rings. The van der Waals surface area contributed by atoms with Crippen LogP contribution in [0.1, 0.15) is 34.4 Å². The number of nitrogens with one attached hydrogen (secondary N) is 1. The molecule has 2 aromatic rings. The molecule has 0 radical (unpaired) electrons. The number of carbonyl (C=O) groups excluding carboxylic acids is 1. The lowest BCUT2D eigenvalue weighted by Gasteiger charge is -2.33. The van der Waals surface area contributed by atoms with Gasteiger partial charge in [0.25, 0.3) is 5.91 Å². The molecule has 9 heteroatoms. The van der Waals surface area contributed by atoms with E-state index in [-0.39, 0.29) is 17.8 Å². The Morgan fingerprint density at radius 2 is 1.96 bits per heavy atom. The van der Waals surface area contributed by atoms with E-state index in [1.807, 2.05) is 0 Å². The zero-order chi connectivity index (χ0) is 16.8. The Hall–Kier alpha value is -2.58. The number of amides is 1. The van der Waals surface area contributed by atoms with Crippen LogP contribution in [0.2, 0.25) is 0 Å². The Balaban J connectivity index is 2.05. The monoisotopic (exact) mass is 328 g/mol. The van der Waals surface area contributed by atoms with Crippen LogP contribution in [-0.4, -0.2) is 21.9 Å². The van der Waals surface area contributed by atoms with Crippen LogP contribution in [0.5, 0.6) is 0 Å². The minimum atomic E-state index is -4.55. The normalized spacial score (nSPS) is 20.7. The molecule has 1 aromatic heterocycles. The van der Waals surface area contributed by atoms with Crippen molar-refractivity contribution in [2.75, 3.05) is 5.32 Å². The summed E-state index contributed by atoms with van der Waals surface area (Å²) in [7, 11) is 0. The van der Waals surface area contributed by atoms with Gasteiger partial charge < -0.3 is 11.1 Å². The largest absolute Gasteiger partial charge is 0.410 e. The number of benzene rings is 1. The van der Waals surface area contributed by atoms with E-state index in [1.165, 1.54) is 24.3 Å². The van der Waals surface area contributed by atoms with E-state index in [4.69, 9.17) is 5.73 Å². The van der Waals surface area contributed by atoms with Gasteiger partial charge in [-0.3, -0.25) is 4.79 Å². The number of nitrogens with two attached hydrogens (primary N) is 1. The van der Waals surface area contributed by atoms with E-state index in [0.29, 0.717) is 5.56 Å². The highest BCUT2D eigenvalue weighted by Gasteiger charge is 2.47. The summed E-state index contributed by atoms with van der Waals surface area (Å²) >= 11 is 0. The van der Waals surface area contributed by atoms with Gasteiger partial charge in [0, 0.05) is 6.42 Å². The molecule has 1 amide bonds. The molecule has 0 aliphatic carbocycles. The van der Waals surface area contributed by atoms with Crippen molar-refractivity contribution in [3.8, 4) is 0 Å². The van der Waals surface area contributed by atoms with Gasteiger partial charge in [0.2, 0.25) is 0 Å². The van der Waals surface area contributed by atoms with Gasteiger partial charge >= 0.3 is 6.18 Å². The number of anilines is 1. The standard InChI is InChI=1S/C14H12F4N4O/c15-8-3-1-7(2-4-8)10-5-11(14(16,17)18)22-13(21-10)9(6-20-22)12(19)23/h1-4,6,10-11,21H,5H2,(H2,19,23). The van der Waals surface area contributed by atoms with Crippen molar-refractivity contribution in [2.45, 2.75) is 24.7 Å². The van der Waals surface area contributed by atoms with Crippen LogP contribution >= 0.6 is 0 Å². The Kier molecular flexibility index (Phi) is 3.50.